The van der Waals surface area contributed by atoms with Crippen LogP contribution in [0, 0.1) is 11.8 Å². The van der Waals surface area contributed by atoms with Crippen molar-refractivity contribution in [3.63, 3.8) is 0 Å². The molecule has 1 saturated heterocycles. The Morgan fingerprint density at radius 1 is 1.17 bits per heavy atom. The van der Waals surface area contributed by atoms with Crippen LogP contribution in [0.5, 0.6) is 5.75 Å². The predicted octanol–water partition coefficient (Wildman–Crippen LogP) is 3.97. The first kappa shape index (κ1) is 19.0. The number of ether oxygens (including phenoxy) is 1. The van der Waals surface area contributed by atoms with Crippen molar-refractivity contribution in [1.82, 2.24) is 19.7 Å². The number of nitrogens with zero attached hydrogens (tertiary/aromatic N) is 4. The van der Waals surface area contributed by atoms with Crippen molar-refractivity contribution in [3.8, 4) is 16.2 Å². The maximum atomic E-state index is 12.7. The van der Waals surface area contributed by atoms with E-state index in [1.807, 2.05) is 28.7 Å². The van der Waals surface area contributed by atoms with E-state index in [4.69, 9.17) is 4.74 Å². The first-order chi connectivity index (χ1) is 14.6. The molecule has 2 aliphatic rings. The number of likely N-dealkylation sites (tertiary alicyclic amines) is 1. The fourth-order valence-corrected chi connectivity index (χ4v) is 5.15. The zero-order valence-electron chi connectivity index (χ0n) is 16.6. The number of rotatable bonds is 4. The second-order valence-electron chi connectivity index (χ2n) is 8.01. The average Bonchev–Trinajstić information content (AvgIpc) is 3.50. The minimum Gasteiger partial charge on any atom is -0.490 e. The second kappa shape index (κ2) is 7.68. The lowest BCUT2D eigenvalue weighted by molar-refractivity contribution is 0.101. The number of amides is 1. The van der Waals surface area contributed by atoms with E-state index >= 15 is 0 Å². The molecule has 3 atom stereocenters. The molecular formula is C22H22N4O3S. The van der Waals surface area contributed by atoms with Crippen molar-refractivity contribution < 1.29 is 14.3 Å². The highest BCUT2D eigenvalue weighted by atomic mass is 32.1. The SMILES string of the molecule is CC(=O)c1ccn(C(=O)N2C[C@H]3CC(Oc4cccc(-c5cncs5)c4)C[C@H]3C2)n1. The summed E-state index contributed by atoms with van der Waals surface area (Å²) in [6, 6.07) is 9.58. The third-order valence-corrected chi connectivity index (χ3v) is 6.80. The molecule has 1 aliphatic heterocycles. The van der Waals surface area contributed by atoms with Gasteiger partial charge in [-0.05, 0) is 48.4 Å². The quantitative estimate of drug-likeness (QED) is 0.595. The van der Waals surface area contributed by atoms with Gasteiger partial charge in [0.15, 0.2) is 5.78 Å². The molecule has 8 heteroatoms. The Balaban J connectivity index is 1.20. The van der Waals surface area contributed by atoms with Crippen molar-refractivity contribution in [2.45, 2.75) is 25.9 Å². The van der Waals surface area contributed by atoms with Crippen molar-refractivity contribution in [2.75, 3.05) is 13.1 Å². The number of ketones is 1. The van der Waals surface area contributed by atoms with Gasteiger partial charge in [-0.25, -0.2) is 4.79 Å². The van der Waals surface area contributed by atoms with Crippen LogP contribution in [0.25, 0.3) is 10.4 Å². The van der Waals surface area contributed by atoms with Crippen molar-refractivity contribution >= 4 is 23.2 Å². The topological polar surface area (TPSA) is 77.3 Å². The molecule has 1 aromatic carbocycles. The summed E-state index contributed by atoms with van der Waals surface area (Å²) >= 11 is 1.62. The molecule has 2 fully saturated rings. The molecule has 1 saturated carbocycles. The van der Waals surface area contributed by atoms with Gasteiger partial charge in [-0.3, -0.25) is 9.78 Å². The van der Waals surface area contributed by atoms with Gasteiger partial charge >= 0.3 is 6.03 Å². The monoisotopic (exact) mass is 422 g/mol. The predicted molar refractivity (Wildman–Crippen MR) is 113 cm³/mol. The van der Waals surface area contributed by atoms with Crippen molar-refractivity contribution in [2.24, 2.45) is 11.8 Å². The van der Waals surface area contributed by atoms with Gasteiger partial charge in [-0.1, -0.05) is 12.1 Å². The molecule has 2 aromatic heterocycles. The Morgan fingerprint density at radius 3 is 2.63 bits per heavy atom. The van der Waals surface area contributed by atoms with Crippen LogP contribution >= 0.6 is 11.3 Å². The molecule has 1 unspecified atom stereocenters. The van der Waals surface area contributed by atoms with E-state index in [1.165, 1.54) is 11.6 Å². The van der Waals surface area contributed by atoms with E-state index in [0.29, 0.717) is 30.6 Å². The maximum absolute atomic E-state index is 12.7. The lowest BCUT2D eigenvalue weighted by atomic mass is 10.0. The smallest absolute Gasteiger partial charge is 0.344 e. The Bertz CT molecular complexity index is 1060. The molecule has 0 spiro atoms. The van der Waals surface area contributed by atoms with Gasteiger partial charge in [0, 0.05) is 32.4 Å². The fraction of sp³-hybridized carbons (Fsp3) is 0.364. The molecule has 30 heavy (non-hydrogen) atoms. The minimum atomic E-state index is -0.161. The molecule has 0 radical (unpaired) electrons. The molecule has 1 amide bonds. The van der Waals surface area contributed by atoms with E-state index in [0.717, 1.165) is 29.0 Å². The molecule has 0 bridgehead atoms. The number of carbonyl (C=O) groups is 2. The Morgan fingerprint density at radius 2 is 1.97 bits per heavy atom. The fourth-order valence-electron chi connectivity index (χ4n) is 4.53. The van der Waals surface area contributed by atoms with Gasteiger partial charge in [0.2, 0.25) is 0 Å². The van der Waals surface area contributed by atoms with Gasteiger partial charge in [0.1, 0.15) is 11.4 Å². The minimum absolute atomic E-state index is 0.140. The Labute approximate surface area is 178 Å². The Kier molecular flexibility index (Phi) is 4.86. The number of carbonyl (C=O) groups excluding carboxylic acids is 2. The first-order valence-corrected chi connectivity index (χ1v) is 11.0. The number of fused-ring (bicyclic) bond motifs is 1. The van der Waals surface area contributed by atoms with E-state index in [9.17, 15) is 9.59 Å². The van der Waals surface area contributed by atoms with Crippen LogP contribution in [0.1, 0.15) is 30.3 Å². The summed E-state index contributed by atoms with van der Waals surface area (Å²) in [6.45, 7) is 2.86. The second-order valence-corrected chi connectivity index (χ2v) is 8.90. The highest BCUT2D eigenvalue weighted by Gasteiger charge is 2.43. The summed E-state index contributed by atoms with van der Waals surface area (Å²) in [7, 11) is 0. The molecule has 7 nitrogen and oxygen atoms in total. The summed E-state index contributed by atoms with van der Waals surface area (Å²) in [5.74, 6) is 1.62. The summed E-state index contributed by atoms with van der Waals surface area (Å²) in [5, 5.41) is 4.10. The van der Waals surface area contributed by atoms with E-state index in [2.05, 4.69) is 22.2 Å². The van der Waals surface area contributed by atoms with Crippen LogP contribution in [0.4, 0.5) is 4.79 Å². The lowest BCUT2D eigenvalue weighted by Crippen LogP contribution is -2.34. The number of thiazole rings is 1. The summed E-state index contributed by atoms with van der Waals surface area (Å²) in [4.78, 5) is 31.3. The zero-order chi connectivity index (χ0) is 20.7. The highest BCUT2D eigenvalue weighted by molar-refractivity contribution is 7.13. The molecule has 0 N–H and O–H groups in total. The third-order valence-electron chi connectivity index (χ3n) is 5.98. The van der Waals surface area contributed by atoms with Gasteiger partial charge in [-0.2, -0.15) is 9.78 Å². The van der Waals surface area contributed by atoms with Crippen LogP contribution in [0.15, 0.2) is 48.2 Å². The first-order valence-electron chi connectivity index (χ1n) is 10.1. The lowest BCUT2D eigenvalue weighted by Gasteiger charge is -2.20. The molecular weight excluding hydrogens is 400 g/mol. The number of Topliss-reactive ketones (excluding diaryl/α,β-unsaturated/α-hetero) is 1. The molecule has 3 aromatic rings. The van der Waals surface area contributed by atoms with Gasteiger partial charge in [0.05, 0.1) is 16.5 Å². The van der Waals surface area contributed by atoms with Crippen molar-refractivity contribution in [1.29, 1.82) is 0 Å². The number of benzene rings is 1. The largest absolute Gasteiger partial charge is 0.490 e. The van der Waals surface area contributed by atoms with Gasteiger partial charge in [0.25, 0.3) is 0 Å². The number of hydrogen-bond acceptors (Lipinski definition) is 6. The van der Waals surface area contributed by atoms with Crippen molar-refractivity contribution in [3.05, 3.63) is 53.9 Å². The third kappa shape index (κ3) is 3.63. The Hall–Kier alpha value is -3.00. The zero-order valence-corrected chi connectivity index (χ0v) is 17.4. The highest BCUT2D eigenvalue weighted by Crippen LogP contribution is 2.40. The van der Waals surface area contributed by atoms with E-state index < -0.39 is 0 Å². The normalized spacial score (nSPS) is 22.8. The van der Waals surface area contributed by atoms with E-state index in [-0.39, 0.29) is 17.9 Å². The standard InChI is InChI=1S/C22H22N4O3S/c1-14(27)20-5-6-26(24-20)22(28)25-11-16-8-19(9-17(16)12-25)29-18-4-2-3-15(7-18)21-10-23-13-30-21/h2-7,10,13,16-17,19H,8-9,11-12H2,1H3/t16-,17+,19?. The molecule has 154 valence electrons. The van der Waals surface area contributed by atoms with Crippen LogP contribution in [0.2, 0.25) is 0 Å². The van der Waals surface area contributed by atoms with Gasteiger partial charge in [-0.15, -0.1) is 11.3 Å². The van der Waals surface area contributed by atoms with E-state index in [1.54, 1.807) is 23.6 Å². The maximum Gasteiger partial charge on any atom is 0.344 e. The van der Waals surface area contributed by atoms with Gasteiger partial charge < -0.3 is 9.64 Å². The molecule has 3 heterocycles. The van der Waals surface area contributed by atoms with Crippen LogP contribution in [0.3, 0.4) is 0 Å². The molecule has 1 aliphatic carbocycles. The number of hydrogen-bond donors (Lipinski definition) is 0. The molecule has 5 rings (SSSR count). The van der Waals surface area contributed by atoms with Crippen LogP contribution in [-0.4, -0.2) is 50.7 Å². The average molecular weight is 423 g/mol. The summed E-state index contributed by atoms with van der Waals surface area (Å²) in [6.07, 6.45) is 5.49. The summed E-state index contributed by atoms with van der Waals surface area (Å²) in [5.41, 5.74) is 3.27. The van der Waals surface area contributed by atoms with Crippen LogP contribution in [-0.2, 0) is 0 Å². The summed E-state index contributed by atoms with van der Waals surface area (Å²) < 4.78 is 7.56. The van der Waals surface area contributed by atoms with Crippen LogP contribution < -0.4 is 4.74 Å². The number of aromatic nitrogens is 3.